The normalized spacial score (nSPS) is 10.5. The second-order valence-electron chi connectivity index (χ2n) is 6.38. The predicted molar refractivity (Wildman–Crippen MR) is 111 cm³/mol. The van der Waals surface area contributed by atoms with Crippen LogP contribution in [0.25, 0.3) is 5.69 Å². The van der Waals surface area contributed by atoms with Gasteiger partial charge in [0.05, 0.1) is 11.3 Å². The standard InChI is InChI=1S/C21H16N6O4/c28-21(16-3-4-17(18(12-16)27(29)30)26-11-10-23-14-26)25-20-19(2-1-7-24-20)31-13-15-5-8-22-9-6-15/h1-12,14H,13H2,(H,24,25,28). The molecule has 0 spiro atoms. The Morgan fingerprint density at radius 1 is 1.10 bits per heavy atom. The van der Waals surface area contributed by atoms with E-state index in [1.54, 1.807) is 30.7 Å². The minimum Gasteiger partial charge on any atom is -0.485 e. The average molecular weight is 416 g/mol. The Morgan fingerprint density at radius 3 is 2.68 bits per heavy atom. The number of anilines is 1. The lowest BCUT2D eigenvalue weighted by Crippen LogP contribution is -2.15. The quantitative estimate of drug-likeness (QED) is 0.361. The molecule has 1 amide bonds. The maximum Gasteiger partial charge on any atom is 0.294 e. The third-order valence-electron chi connectivity index (χ3n) is 4.36. The van der Waals surface area contributed by atoms with Crippen LogP contribution in [-0.2, 0) is 6.61 Å². The largest absolute Gasteiger partial charge is 0.485 e. The van der Waals surface area contributed by atoms with Gasteiger partial charge in [-0.15, -0.1) is 0 Å². The summed E-state index contributed by atoms with van der Waals surface area (Å²) in [5, 5.41) is 14.2. The van der Waals surface area contributed by atoms with Crippen LogP contribution < -0.4 is 10.1 Å². The van der Waals surface area contributed by atoms with Crippen molar-refractivity contribution in [3.8, 4) is 11.4 Å². The number of hydrogen-bond acceptors (Lipinski definition) is 7. The van der Waals surface area contributed by atoms with E-state index in [2.05, 4.69) is 20.3 Å². The summed E-state index contributed by atoms with van der Waals surface area (Å²) in [5.41, 5.74) is 1.10. The Bertz CT molecular complexity index is 1210. The van der Waals surface area contributed by atoms with Crippen LogP contribution in [0.2, 0.25) is 0 Å². The van der Waals surface area contributed by atoms with Gasteiger partial charge in [0, 0.05) is 42.6 Å². The summed E-state index contributed by atoms with van der Waals surface area (Å²) in [6.07, 6.45) is 9.37. The molecule has 4 aromatic rings. The van der Waals surface area contributed by atoms with Crippen LogP contribution in [0.4, 0.5) is 11.5 Å². The molecule has 4 rings (SSSR count). The fourth-order valence-electron chi connectivity index (χ4n) is 2.85. The number of nitrogens with zero attached hydrogens (tertiary/aromatic N) is 5. The molecule has 0 saturated heterocycles. The number of pyridine rings is 2. The summed E-state index contributed by atoms with van der Waals surface area (Å²) in [7, 11) is 0. The number of hydrogen-bond donors (Lipinski definition) is 1. The van der Waals surface area contributed by atoms with Crippen molar-refractivity contribution in [3.05, 3.63) is 101 Å². The van der Waals surface area contributed by atoms with Crippen molar-refractivity contribution in [2.24, 2.45) is 0 Å². The van der Waals surface area contributed by atoms with Gasteiger partial charge in [-0.3, -0.25) is 19.9 Å². The lowest BCUT2D eigenvalue weighted by Gasteiger charge is -2.12. The smallest absolute Gasteiger partial charge is 0.294 e. The molecule has 1 aromatic carbocycles. The molecule has 0 bridgehead atoms. The Hall–Kier alpha value is -4.60. The van der Waals surface area contributed by atoms with Crippen LogP contribution in [0.3, 0.4) is 0 Å². The monoisotopic (exact) mass is 416 g/mol. The average Bonchev–Trinajstić information content (AvgIpc) is 3.33. The molecule has 1 N–H and O–H groups in total. The van der Waals surface area contributed by atoms with Crippen molar-refractivity contribution in [1.82, 2.24) is 19.5 Å². The van der Waals surface area contributed by atoms with E-state index >= 15 is 0 Å². The molecular formula is C21H16N6O4. The number of benzene rings is 1. The summed E-state index contributed by atoms with van der Waals surface area (Å²) in [6.45, 7) is 0.266. The Balaban J connectivity index is 1.55. The third-order valence-corrected chi connectivity index (χ3v) is 4.36. The highest BCUT2D eigenvalue weighted by Gasteiger charge is 2.20. The molecule has 3 aromatic heterocycles. The molecule has 0 aliphatic carbocycles. The van der Waals surface area contributed by atoms with Crippen molar-refractivity contribution < 1.29 is 14.5 Å². The number of nitrogens with one attached hydrogen (secondary N) is 1. The summed E-state index contributed by atoms with van der Waals surface area (Å²) >= 11 is 0. The molecular weight excluding hydrogens is 400 g/mol. The lowest BCUT2D eigenvalue weighted by molar-refractivity contribution is -0.384. The summed E-state index contributed by atoms with van der Waals surface area (Å²) in [4.78, 5) is 35.7. The molecule has 0 saturated carbocycles. The summed E-state index contributed by atoms with van der Waals surface area (Å²) in [5.74, 6) is 0.0350. The second-order valence-corrected chi connectivity index (χ2v) is 6.38. The minimum absolute atomic E-state index is 0.112. The van der Waals surface area contributed by atoms with Crippen molar-refractivity contribution in [2.75, 3.05) is 5.32 Å². The van der Waals surface area contributed by atoms with Gasteiger partial charge in [-0.2, -0.15) is 0 Å². The van der Waals surface area contributed by atoms with E-state index in [0.717, 1.165) is 5.56 Å². The molecule has 0 aliphatic heterocycles. The molecule has 10 nitrogen and oxygen atoms in total. The fourth-order valence-corrected chi connectivity index (χ4v) is 2.85. The van der Waals surface area contributed by atoms with Crippen LogP contribution in [-0.4, -0.2) is 30.3 Å². The van der Waals surface area contributed by atoms with Gasteiger partial charge in [0.15, 0.2) is 11.6 Å². The number of imidazole rings is 1. The molecule has 0 radical (unpaired) electrons. The molecule has 0 fully saturated rings. The van der Waals surface area contributed by atoms with Crippen LogP contribution in [0.1, 0.15) is 15.9 Å². The highest BCUT2D eigenvalue weighted by molar-refractivity contribution is 6.05. The molecule has 154 valence electrons. The number of carbonyl (C=O) groups excluding carboxylic acids is 1. The summed E-state index contributed by atoms with van der Waals surface area (Å²) in [6, 6.07) is 11.2. The lowest BCUT2D eigenvalue weighted by atomic mass is 10.1. The van der Waals surface area contributed by atoms with Crippen LogP contribution >= 0.6 is 0 Å². The minimum atomic E-state index is -0.548. The molecule has 10 heteroatoms. The number of amides is 1. The molecule has 0 atom stereocenters. The van der Waals surface area contributed by atoms with Gasteiger partial charge < -0.3 is 14.6 Å². The number of nitro groups is 1. The van der Waals surface area contributed by atoms with Gasteiger partial charge >= 0.3 is 0 Å². The predicted octanol–water partition coefficient (Wildman–Crippen LogP) is 3.40. The van der Waals surface area contributed by atoms with Gasteiger partial charge in [0.25, 0.3) is 11.6 Å². The zero-order valence-electron chi connectivity index (χ0n) is 16.1. The highest BCUT2D eigenvalue weighted by Crippen LogP contribution is 2.26. The Morgan fingerprint density at radius 2 is 1.94 bits per heavy atom. The van der Waals surface area contributed by atoms with Crippen LogP contribution in [0.15, 0.2) is 79.8 Å². The van der Waals surface area contributed by atoms with Crippen molar-refractivity contribution in [3.63, 3.8) is 0 Å². The first-order chi connectivity index (χ1) is 15.1. The molecule has 3 heterocycles. The van der Waals surface area contributed by atoms with Gasteiger partial charge in [0.2, 0.25) is 0 Å². The number of aromatic nitrogens is 4. The van der Waals surface area contributed by atoms with Crippen LogP contribution in [0, 0.1) is 10.1 Å². The first-order valence-electron chi connectivity index (χ1n) is 9.16. The van der Waals surface area contributed by atoms with Crippen molar-refractivity contribution in [2.45, 2.75) is 6.61 Å². The SMILES string of the molecule is O=C(Nc1ncccc1OCc1ccncc1)c1ccc(-n2ccnc2)c([N+](=O)[O-])c1. The van der Waals surface area contributed by atoms with Gasteiger partial charge in [-0.1, -0.05) is 0 Å². The molecule has 31 heavy (non-hydrogen) atoms. The number of rotatable bonds is 7. The van der Waals surface area contributed by atoms with E-state index in [1.807, 2.05) is 12.1 Å². The highest BCUT2D eigenvalue weighted by atomic mass is 16.6. The van der Waals surface area contributed by atoms with E-state index in [4.69, 9.17) is 4.74 Å². The molecule has 0 aliphatic rings. The summed E-state index contributed by atoms with van der Waals surface area (Å²) < 4.78 is 7.27. The fraction of sp³-hybridized carbons (Fsp3) is 0.0476. The van der Waals surface area contributed by atoms with Crippen molar-refractivity contribution in [1.29, 1.82) is 0 Å². The first kappa shape index (κ1) is 19.7. The second kappa shape index (κ2) is 8.82. The third kappa shape index (κ3) is 4.53. The number of ether oxygens (including phenoxy) is 1. The van der Waals surface area contributed by atoms with E-state index < -0.39 is 10.8 Å². The van der Waals surface area contributed by atoms with E-state index in [0.29, 0.717) is 11.4 Å². The number of nitro benzene ring substituents is 1. The Kier molecular flexibility index (Phi) is 5.61. The van der Waals surface area contributed by atoms with E-state index in [9.17, 15) is 14.9 Å². The first-order valence-corrected chi connectivity index (χ1v) is 9.16. The van der Waals surface area contributed by atoms with E-state index in [1.165, 1.54) is 41.5 Å². The van der Waals surface area contributed by atoms with Gasteiger partial charge in [0.1, 0.15) is 12.3 Å². The topological polar surface area (TPSA) is 125 Å². The van der Waals surface area contributed by atoms with E-state index in [-0.39, 0.29) is 23.7 Å². The maximum atomic E-state index is 12.8. The van der Waals surface area contributed by atoms with Gasteiger partial charge in [-0.05, 0) is 42.0 Å². The maximum absolute atomic E-state index is 12.8. The molecule has 0 unspecified atom stereocenters. The van der Waals surface area contributed by atoms with Crippen LogP contribution in [0.5, 0.6) is 5.75 Å². The van der Waals surface area contributed by atoms with Gasteiger partial charge in [-0.25, -0.2) is 9.97 Å². The zero-order chi connectivity index (χ0) is 21.6. The zero-order valence-corrected chi connectivity index (χ0v) is 16.1. The van der Waals surface area contributed by atoms with Crippen molar-refractivity contribution >= 4 is 17.4 Å². The Labute approximate surface area is 176 Å². The number of carbonyl (C=O) groups is 1.